The number of sulfonamides is 1. The summed E-state index contributed by atoms with van der Waals surface area (Å²) in [4.78, 5) is 14.8. The van der Waals surface area contributed by atoms with E-state index < -0.39 is 15.4 Å². The zero-order valence-corrected chi connectivity index (χ0v) is 14.0. The van der Waals surface area contributed by atoms with E-state index in [0.29, 0.717) is 26.2 Å². The molecule has 1 aromatic carbocycles. The van der Waals surface area contributed by atoms with E-state index in [4.69, 9.17) is 0 Å². The van der Waals surface area contributed by atoms with Gasteiger partial charge in [-0.25, -0.2) is 12.8 Å². The molecule has 3 rings (SSSR count). The van der Waals surface area contributed by atoms with E-state index >= 15 is 0 Å². The molecule has 1 aromatic rings. The fraction of sp³-hybridized carbons (Fsp3) is 0.562. The summed E-state index contributed by atoms with van der Waals surface area (Å²) in [5.41, 5.74) is 0.307. The topological polar surface area (TPSA) is 57.7 Å². The zero-order chi connectivity index (χ0) is 16.7. The van der Waals surface area contributed by atoms with Gasteiger partial charge >= 0.3 is 0 Å². The highest BCUT2D eigenvalue weighted by atomic mass is 32.2. The third-order valence-electron chi connectivity index (χ3n) is 5.01. The predicted molar refractivity (Wildman–Crippen MR) is 84.9 cm³/mol. The van der Waals surface area contributed by atoms with Crippen LogP contribution in [-0.4, -0.2) is 56.0 Å². The molecule has 1 aliphatic carbocycles. The highest BCUT2D eigenvalue weighted by Crippen LogP contribution is 2.45. The highest BCUT2D eigenvalue weighted by Gasteiger charge is 2.48. The van der Waals surface area contributed by atoms with Crippen LogP contribution < -0.4 is 0 Å². The first kappa shape index (κ1) is 16.4. The number of piperazine rings is 1. The number of hydrogen-bond acceptors (Lipinski definition) is 3. The van der Waals surface area contributed by atoms with Crippen molar-refractivity contribution in [2.75, 3.05) is 32.4 Å². The lowest BCUT2D eigenvalue weighted by Crippen LogP contribution is -2.57. The van der Waals surface area contributed by atoms with E-state index in [0.717, 1.165) is 24.8 Å². The Bertz CT molecular complexity index is 691. The number of nitrogens with zero attached hydrogens (tertiary/aromatic N) is 2. The molecule has 0 spiro atoms. The Morgan fingerprint density at radius 2 is 1.65 bits per heavy atom. The van der Waals surface area contributed by atoms with Crippen LogP contribution in [0.15, 0.2) is 24.3 Å². The SMILES string of the molecule is CS(=O)(=O)N1CCN(C(=O)C2(c3ccc(F)cc3)CCC2)CC1. The maximum atomic E-state index is 13.1. The largest absolute Gasteiger partial charge is 0.339 e. The molecule has 2 aliphatic rings. The molecule has 126 valence electrons. The van der Waals surface area contributed by atoms with Crippen LogP contribution in [0.1, 0.15) is 24.8 Å². The molecule has 0 atom stereocenters. The molecule has 1 amide bonds. The van der Waals surface area contributed by atoms with Gasteiger partial charge in [-0.1, -0.05) is 18.6 Å². The average Bonchev–Trinajstić information content (AvgIpc) is 2.47. The normalized spacial score (nSPS) is 21.7. The summed E-state index contributed by atoms with van der Waals surface area (Å²) in [5.74, 6) is -0.263. The maximum Gasteiger partial charge on any atom is 0.233 e. The van der Waals surface area contributed by atoms with Crippen molar-refractivity contribution in [2.45, 2.75) is 24.7 Å². The van der Waals surface area contributed by atoms with Gasteiger partial charge in [0.15, 0.2) is 0 Å². The number of rotatable bonds is 3. The van der Waals surface area contributed by atoms with Crippen molar-refractivity contribution in [1.29, 1.82) is 0 Å². The molecule has 23 heavy (non-hydrogen) atoms. The Kier molecular flexibility index (Phi) is 4.18. The van der Waals surface area contributed by atoms with Crippen LogP contribution >= 0.6 is 0 Å². The summed E-state index contributed by atoms with van der Waals surface area (Å²) in [6, 6.07) is 6.17. The molecule has 1 heterocycles. The van der Waals surface area contributed by atoms with Crippen LogP contribution in [0.4, 0.5) is 4.39 Å². The van der Waals surface area contributed by atoms with Crippen molar-refractivity contribution < 1.29 is 17.6 Å². The lowest BCUT2D eigenvalue weighted by molar-refractivity contribution is -0.142. The third-order valence-corrected chi connectivity index (χ3v) is 6.31. The lowest BCUT2D eigenvalue weighted by Gasteiger charge is -2.45. The molecule has 1 saturated heterocycles. The van der Waals surface area contributed by atoms with Crippen molar-refractivity contribution >= 4 is 15.9 Å². The van der Waals surface area contributed by atoms with Crippen molar-refractivity contribution in [3.05, 3.63) is 35.6 Å². The summed E-state index contributed by atoms with van der Waals surface area (Å²) in [6.45, 7) is 1.50. The molecular weight excluding hydrogens is 319 g/mol. The Morgan fingerprint density at radius 3 is 2.09 bits per heavy atom. The van der Waals surface area contributed by atoms with Gasteiger partial charge in [0, 0.05) is 26.2 Å². The van der Waals surface area contributed by atoms with E-state index in [1.807, 2.05) is 0 Å². The Morgan fingerprint density at radius 1 is 1.09 bits per heavy atom. The number of amides is 1. The highest BCUT2D eigenvalue weighted by molar-refractivity contribution is 7.88. The number of carbonyl (C=O) groups is 1. The molecule has 0 radical (unpaired) electrons. The van der Waals surface area contributed by atoms with Gasteiger partial charge in [-0.05, 0) is 30.5 Å². The monoisotopic (exact) mass is 340 g/mol. The second-order valence-corrected chi connectivity index (χ2v) is 8.38. The fourth-order valence-electron chi connectivity index (χ4n) is 3.45. The number of carbonyl (C=O) groups excluding carboxylic acids is 1. The molecule has 1 saturated carbocycles. The second-order valence-electron chi connectivity index (χ2n) is 6.40. The van der Waals surface area contributed by atoms with Crippen LogP contribution in [0, 0.1) is 5.82 Å². The van der Waals surface area contributed by atoms with Gasteiger partial charge in [0.2, 0.25) is 15.9 Å². The molecular formula is C16H21FN2O3S. The molecule has 5 nitrogen and oxygen atoms in total. The van der Waals surface area contributed by atoms with Crippen LogP contribution in [0.2, 0.25) is 0 Å². The Labute approximate surface area is 136 Å². The first-order chi connectivity index (χ1) is 10.8. The molecule has 0 N–H and O–H groups in total. The predicted octanol–water partition coefficient (Wildman–Crippen LogP) is 1.35. The van der Waals surface area contributed by atoms with Gasteiger partial charge in [-0.2, -0.15) is 4.31 Å². The maximum absolute atomic E-state index is 13.1. The van der Waals surface area contributed by atoms with Crippen LogP contribution in [0.5, 0.6) is 0 Å². The van der Waals surface area contributed by atoms with Gasteiger partial charge in [-0.15, -0.1) is 0 Å². The summed E-state index contributed by atoms with van der Waals surface area (Å²) >= 11 is 0. The van der Waals surface area contributed by atoms with Crippen LogP contribution in [0.25, 0.3) is 0 Å². The summed E-state index contributed by atoms with van der Waals surface area (Å²) in [7, 11) is -3.21. The van der Waals surface area contributed by atoms with Gasteiger partial charge < -0.3 is 4.90 Å². The molecule has 7 heteroatoms. The molecule has 0 unspecified atom stereocenters. The number of halogens is 1. The quantitative estimate of drug-likeness (QED) is 0.835. The van der Waals surface area contributed by atoms with Crippen molar-refractivity contribution in [1.82, 2.24) is 9.21 Å². The van der Waals surface area contributed by atoms with Crippen LogP contribution in [-0.2, 0) is 20.2 Å². The summed E-state index contributed by atoms with van der Waals surface area (Å²) in [6.07, 6.45) is 3.70. The van der Waals surface area contributed by atoms with Crippen molar-refractivity contribution in [3.63, 3.8) is 0 Å². The minimum atomic E-state index is -3.21. The molecule has 0 aromatic heterocycles. The zero-order valence-electron chi connectivity index (χ0n) is 13.2. The van der Waals surface area contributed by atoms with E-state index in [-0.39, 0.29) is 11.7 Å². The van der Waals surface area contributed by atoms with Gasteiger partial charge in [0.05, 0.1) is 11.7 Å². The van der Waals surface area contributed by atoms with Gasteiger partial charge in [-0.3, -0.25) is 4.79 Å². The van der Waals surface area contributed by atoms with Gasteiger partial charge in [0.1, 0.15) is 5.82 Å². The average molecular weight is 340 g/mol. The van der Waals surface area contributed by atoms with E-state index in [9.17, 15) is 17.6 Å². The van der Waals surface area contributed by atoms with Crippen LogP contribution in [0.3, 0.4) is 0 Å². The second kappa shape index (κ2) is 5.87. The molecule has 2 fully saturated rings. The standard InChI is InChI=1S/C16H21FN2O3S/c1-23(21,22)19-11-9-18(10-12-19)15(20)16(7-2-8-16)13-3-5-14(17)6-4-13/h3-6H,2,7-12H2,1H3. The van der Waals surface area contributed by atoms with E-state index in [1.54, 1.807) is 17.0 Å². The van der Waals surface area contributed by atoms with E-state index in [2.05, 4.69) is 0 Å². The molecule has 0 bridgehead atoms. The lowest BCUT2D eigenvalue weighted by atomic mass is 9.63. The first-order valence-corrected chi connectivity index (χ1v) is 9.68. The minimum absolute atomic E-state index is 0.0449. The summed E-state index contributed by atoms with van der Waals surface area (Å²) < 4.78 is 37.7. The minimum Gasteiger partial charge on any atom is -0.339 e. The Hall–Kier alpha value is -1.47. The first-order valence-electron chi connectivity index (χ1n) is 7.83. The van der Waals surface area contributed by atoms with Crippen molar-refractivity contribution in [3.8, 4) is 0 Å². The van der Waals surface area contributed by atoms with Crippen molar-refractivity contribution in [2.24, 2.45) is 0 Å². The third kappa shape index (κ3) is 2.99. The smallest absolute Gasteiger partial charge is 0.233 e. The molecule has 1 aliphatic heterocycles. The van der Waals surface area contributed by atoms with E-state index in [1.165, 1.54) is 22.7 Å². The summed E-state index contributed by atoms with van der Waals surface area (Å²) in [5, 5.41) is 0. The number of hydrogen-bond donors (Lipinski definition) is 0. The Balaban J connectivity index is 1.75. The number of benzene rings is 1. The van der Waals surface area contributed by atoms with Gasteiger partial charge in [0.25, 0.3) is 0 Å². The fourth-order valence-corrected chi connectivity index (χ4v) is 4.28.